The molecule has 19 heavy (non-hydrogen) atoms. The van der Waals surface area contributed by atoms with Gasteiger partial charge in [-0.1, -0.05) is 13.8 Å². The highest BCUT2D eigenvalue weighted by atomic mass is 79.9. The standard InChI is InChI=1S/C15H25BrN2S/c1-12(2)9-17-10-13-5-7-18(11-13)8-6-14-3-4-15(16)19-14/h3-4,12-13,17H,5-11H2,1-2H3. The van der Waals surface area contributed by atoms with Crippen molar-refractivity contribution in [2.45, 2.75) is 26.7 Å². The zero-order valence-corrected chi connectivity index (χ0v) is 14.4. The van der Waals surface area contributed by atoms with Crippen LogP contribution in [-0.2, 0) is 6.42 Å². The number of nitrogens with one attached hydrogen (secondary N) is 1. The van der Waals surface area contributed by atoms with Crippen molar-refractivity contribution in [3.8, 4) is 0 Å². The molecular weight excluding hydrogens is 320 g/mol. The summed E-state index contributed by atoms with van der Waals surface area (Å²) in [6, 6.07) is 4.40. The van der Waals surface area contributed by atoms with Gasteiger partial charge in [-0.15, -0.1) is 11.3 Å². The van der Waals surface area contributed by atoms with E-state index < -0.39 is 0 Å². The Hall–Kier alpha value is 0.1000. The van der Waals surface area contributed by atoms with Crippen LogP contribution in [0.15, 0.2) is 15.9 Å². The second-order valence-electron chi connectivity index (χ2n) is 5.96. The second-order valence-corrected chi connectivity index (χ2v) is 8.51. The van der Waals surface area contributed by atoms with Crippen LogP contribution in [0.2, 0.25) is 0 Å². The van der Waals surface area contributed by atoms with Crippen molar-refractivity contribution in [2.75, 3.05) is 32.7 Å². The lowest BCUT2D eigenvalue weighted by atomic mass is 10.1. The van der Waals surface area contributed by atoms with E-state index in [1.54, 1.807) is 0 Å². The Morgan fingerprint density at radius 1 is 1.47 bits per heavy atom. The van der Waals surface area contributed by atoms with E-state index in [2.05, 4.69) is 52.1 Å². The summed E-state index contributed by atoms with van der Waals surface area (Å²) in [5.41, 5.74) is 0. The fourth-order valence-electron chi connectivity index (χ4n) is 2.61. The molecule has 0 saturated carbocycles. The minimum absolute atomic E-state index is 0.759. The van der Waals surface area contributed by atoms with E-state index in [0.717, 1.165) is 18.4 Å². The molecule has 1 aliphatic rings. The first kappa shape index (κ1) is 15.5. The van der Waals surface area contributed by atoms with Crippen LogP contribution in [0.1, 0.15) is 25.1 Å². The first-order chi connectivity index (χ1) is 9.13. The fraction of sp³-hybridized carbons (Fsp3) is 0.733. The topological polar surface area (TPSA) is 15.3 Å². The van der Waals surface area contributed by atoms with Crippen LogP contribution in [0.3, 0.4) is 0 Å². The lowest BCUT2D eigenvalue weighted by Crippen LogP contribution is -2.29. The van der Waals surface area contributed by atoms with Crippen molar-refractivity contribution < 1.29 is 0 Å². The van der Waals surface area contributed by atoms with Gasteiger partial charge in [-0.05, 0) is 72.4 Å². The molecule has 1 unspecified atom stereocenters. The van der Waals surface area contributed by atoms with Gasteiger partial charge in [0.1, 0.15) is 0 Å². The van der Waals surface area contributed by atoms with Gasteiger partial charge in [-0.25, -0.2) is 0 Å². The molecule has 2 rings (SSSR count). The number of hydrogen-bond donors (Lipinski definition) is 1. The molecule has 1 aromatic rings. The van der Waals surface area contributed by atoms with Crippen molar-refractivity contribution in [3.63, 3.8) is 0 Å². The van der Waals surface area contributed by atoms with Crippen LogP contribution in [0, 0.1) is 11.8 Å². The summed E-state index contributed by atoms with van der Waals surface area (Å²) in [5.74, 6) is 1.61. The van der Waals surface area contributed by atoms with Gasteiger partial charge in [0, 0.05) is 18.0 Å². The van der Waals surface area contributed by atoms with Gasteiger partial charge in [0.15, 0.2) is 0 Å². The van der Waals surface area contributed by atoms with Crippen LogP contribution in [-0.4, -0.2) is 37.6 Å². The van der Waals surface area contributed by atoms with Gasteiger partial charge in [0.05, 0.1) is 3.79 Å². The van der Waals surface area contributed by atoms with Crippen LogP contribution in [0.4, 0.5) is 0 Å². The minimum atomic E-state index is 0.759. The molecule has 1 aromatic heterocycles. The molecule has 0 bridgehead atoms. The van der Waals surface area contributed by atoms with Crippen molar-refractivity contribution >= 4 is 27.3 Å². The second kappa shape index (κ2) is 7.77. The van der Waals surface area contributed by atoms with E-state index in [4.69, 9.17) is 0 Å². The molecule has 0 aromatic carbocycles. The molecule has 0 aliphatic carbocycles. The van der Waals surface area contributed by atoms with Gasteiger partial charge >= 0.3 is 0 Å². The van der Waals surface area contributed by atoms with E-state index >= 15 is 0 Å². The molecule has 1 fully saturated rings. The number of halogens is 1. The van der Waals surface area contributed by atoms with Gasteiger partial charge in [0.25, 0.3) is 0 Å². The molecule has 4 heteroatoms. The van der Waals surface area contributed by atoms with Crippen molar-refractivity contribution in [1.82, 2.24) is 10.2 Å². The molecule has 108 valence electrons. The summed E-state index contributed by atoms with van der Waals surface area (Å²) >= 11 is 5.40. The number of thiophene rings is 1. The fourth-order valence-corrected chi connectivity index (χ4v) is 4.09. The average molecular weight is 345 g/mol. The van der Waals surface area contributed by atoms with E-state index in [0.29, 0.717) is 0 Å². The first-order valence-electron chi connectivity index (χ1n) is 7.30. The largest absolute Gasteiger partial charge is 0.316 e. The Bertz CT molecular complexity index is 378. The molecule has 1 atom stereocenters. The highest BCUT2D eigenvalue weighted by Crippen LogP contribution is 2.23. The van der Waals surface area contributed by atoms with Gasteiger partial charge in [0.2, 0.25) is 0 Å². The summed E-state index contributed by atoms with van der Waals surface area (Å²) < 4.78 is 1.25. The summed E-state index contributed by atoms with van der Waals surface area (Å²) in [5, 5.41) is 3.59. The SMILES string of the molecule is CC(C)CNCC1CCN(CCc2ccc(Br)s2)C1. The Morgan fingerprint density at radius 2 is 2.32 bits per heavy atom. The monoisotopic (exact) mass is 344 g/mol. The third-order valence-corrected chi connectivity index (χ3v) is 5.34. The molecule has 1 aliphatic heterocycles. The lowest BCUT2D eigenvalue weighted by molar-refractivity contribution is 0.325. The van der Waals surface area contributed by atoms with Crippen LogP contribution < -0.4 is 5.32 Å². The molecule has 0 spiro atoms. The maximum atomic E-state index is 3.59. The molecule has 2 heterocycles. The molecule has 1 N–H and O–H groups in total. The molecular formula is C15H25BrN2S. The summed E-state index contributed by atoms with van der Waals surface area (Å²) in [6.07, 6.45) is 2.56. The van der Waals surface area contributed by atoms with Gasteiger partial charge in [-0.3, -0.25) is 0 Å². The third kappa shape index (κ3) is 5.54. The molecule has 0 radical (unpaired) electrons. The predicted octanol–water partition coefficient (Wildman–Crippen LogP) is 3.62. The zero-order valence-electron chi connectivity index (χ0n) is 12.0. The Morgan fingerprint density at radius 3 is 3.00 bits per heavy atom. The smallest absolute Gasteiger partial charge is 0.0701 e. The Labute approximate surface area is 129 Å². The van der Waals surface area contributed by atoms with Crippen LogP contribution in [0.5, 0.6) is 0 Å². The lowest BCUT2D eigenvalue weighted by Gasteiger charge is -2.16. The van der Waals surface area contributed by atoms with E-state index in [1.165, 1.54) is 47.7 Å². The van der Waals surface area contributed by atoms with E-state index in [-0.39, 0.29) is 0 Å². The minimum Gasteiger partial charge on any atom is -0.316 e. The normalized spacial score (nSPS) is 20.5. The molecule has 2 nitrogen and oxygen atoms in total. The average Bonchev–Trinajstić information content (AvgIpc) is 2.95. The number of likely N-dealkylation sites (tertiary alicyclic amines) is 1. The first-order valence-corrected chi connectivity index (χ1v) is 8.91. The maximum Gasteiger partial charge on any atom is 0.0701 e. The summed E-state index contributed by atoms with van der Waals surface area (Å²) in [7, 11) is 0. The van der Waals surface area contributed by atoms with Crippen molar-refractivity contribution in [2.24, 2.45) is 11.8 Å². The highest BCUT2D eigenvalue weighted by molar-refractivity contribution is 9.11. The van der Waals surface area contributed by atoms with Crippen LogP contribution in [0.25, 0.3) is 0 Å². The molecule has 1 saturated heterocycles. The number of hydrogen-bond acceptors (Lipinski definition) is 3. The maximum absolute atomic E-state index is 3.59. The van der Waals surface area contributed by atoms with Crippen molar-refractivity contribution in [1.29, 1.82) is 0 Å². The Kier molecular flexibility index (Phi) is 6.33. The highest BCUT2D eigenvalue weighted by Gasteiger charge is 2.21. The molecule has 0 amide bonds. The summed E-state index contributed by atoms with van der Waals surface area (Å²) in [4.78, 5) is 4.11. The van der Waals surface area contributed by atoms with E-state index in [1.807, 2.05) is 11.3 Å². The van der Waals surface area contributed by atoms with Gasteiger partial charge < -0.3 is 10.2 Å². The summed E-state index contributed by atoms with van der Waals surface area (Å²) in [6.45, 7) is 10.7. The van der Waals surface area contributed by atoms with E-state index in [9.17, 15) is 0 Å². The van der Waals surface area contributed by atoms with Crippen LogP contribution >= 0.6 is 27.3 Å². The van der Waals surface area contributed by atoms with Gasteiger partial charge in [-0.2, -0.15) is 0 Å². The number of rotatable bonds is 7. The third-order valence-electron chi connectivity index (χ3n) is 3.66. The quantitative estimate of drug-likeness (QED) is 0.812. The predicted molar refractivity (Wildman–Crippen MR) is 88.0 cm³/mol. The van der Waals surface area contributed by atoms with Crippen molar-refractivity contribution in [3.05, 3.63) is 20.8 Å². The Balaban J connectivity index is 1.62. The number of nitrogens with zero attached hydrogens (tertiary/aromatic N) is 1. The zero-order chi connectivity index (χ0) is 13.7.